The predicted octanol–water partition coefficient (Wildman–Crippen LogP) is 4.23. The number of nitrogens with two attached hydrogens (primary N) is 1. The smallest absolute Gasteiger partial charge is 0.232 e. The van der Waals surface area contributed by atoms with Crippen molar-refractivity contribution >= 4 is 23.5 Å². The van der Waals surface area contributed by atoms with Crippen LogP contribution < -0.4 is 10.6 Å². The van der Waals surface area contributed by atoms with Gasteiger partial charge in [-0.25, -0.2) is 4.99 Å². The molecule has 4 rings (SSSR count). The second-order valence-corrected chi connectivity index (χ2v) is 9.51. The normalized spacial score (nSPS) is 24.8. The fourth-order valence-electron chi connectivity index (χ4n) is 4.63. The molecule has 2 aliphatic rings. The van der Waals surface area contributed by atoms with Crippen molar-refractivity contribution in [3.05, 3.63) is 65.7 Å². The lowest BCUT2D eigenvalue weighted by Gasteiger charge is -2.40. The molecule has 168 valence electrons. The van der Waals surface area contributed by atoms with E-state index in [1.807, 2.05) is 61.2 Å². The van der Waals surface area contributed by atoms with Crippen LogP contribution in [0.1, 0.15) is 63.6 Å². The van der Waals surface area contributed by atoms with E-state index in [9.17, 15) is 9.59 Å². The standard InChI is InChI=1S/C26H32N4O2/c1-17(2)26(4)15-24(32)30(25(27)28-26)18(3)20-11-8-12-22(13-20)29-16-21(14-23(29)31)19-9-6-5-7-10-19/h5-13,17-18,21H,14-16H2,1-4H3,(H2,27,28). The number of anilines is 1. The topological polar surface area (TPSA) is 79.0 Å². The number of nitrogens with zero attached hydrogens (tertiary/aromatic N) is 3. The average molecular weight is 433 g/mol. The number of carbonyl (C=O) groups excluding carboxylic acids is 2. The molecule has 1 fully saturated rings. The summed E-state index contributed by atoms with van der Waals surface area (Å²) in [4.78, 5) is 34.0. The van der Waals surface area contributed by atoms with E-state index in [-0.39, 0.29) is 35.7 Å². The van der Waals surface area contributed by atoms with Gasteiger partial charge in [0.25, 0.3) is 0 Å². The van der Waals surface area contributed by atoms with Gasteiger partial charge in [-0.05, 0) is 43.0 Å². The largest absolute Gasteiger partial charge is 0.369 e. The molecule has 0 spiro atoms. The molecule has 0 bridgehead atoms. The van der Waals surface area contributed by atoms with Gasteiger partial charge in [0.05, 0.1) is 18.0 Å². The van der Waals surface area contributed by atoms with Crippen molar-refractivity contribution in [1.82, 2.24) is 4.90 Å². The summed E-state index contributed by atoms with van der Waals surface area (Å²) in [6, 6.07) is 17.7. The Morgan fingerprint density at radius 1 is 1.03 bits per heavy atom. The quantitative estimate of drug-likeness (QED) is 0.768. The number of rotatable bonds is 5. The van der Waals surface area contributed by atoms with Crippen LogP contribution in [0.2, 0.25) is 0 Å². The highest BCUT2D eigenvalue weighted by atomic mass is 16.2. The molecule has 2 aromatic carbocycles. The van der Waals surface area contributed by atoms with Crippen LogP contribution in [0.3, 0.4) is 0 Å². The van der Waals surface area contributed by atoms with E-state index in [0.717, 1.165) is 11.3 Å². The molecule has 2 amide bonds. The Morgan fingerprint density at radius 3 is 2.41 bits per heavy atom. The van der Waals surface area contributed by atoms with Gasteiger partial charge in [-0.3, -0.25) is 14.5 Å². The SMILES string of the molecule is CC(c1cccc(N2CC(c3ccccc3)CC2=O)c1)N1C(=O)CC(C)(C(C)C)N=C1N. The Labute approximate surface area is 190 Å². The minimum atomic E-state index is -0.479. The number of aliphatic imine (C=N–C) groups is 1. The summed E-state index contributed by atoms with van der Waals surface area (Å²) in [5.74, 6) is 0.755. The van der Waals surface area contributed by atoms with E-state index in [1.54, 1.807) is 4.90 Å². The van der Waals surface area contributed by atoms with Crippen molar-refractivity contribution in [2.24, 2.45) is 16.6 Å². The zero-order valence-corrected chi connectivity index (χ0v) is 19.3. The van der Waals surface area contributed by atoms with Crippen molar-refractivity contribution in [1.29, 1.82) is 0 Å². The summed E-state index contributed by atoms with van der Waals surface area (Å²) in [5.41, 5.74) is 8.76. The van der Waals surface area contributed by atoms with Crippen molar-refractivity contribution in [2.75, 3.05) is 11.4 Å². The van der Waals surface area contributed by atoms with Gasteiger partial charge in [-0.2, -0.15) is 0 Å². The molecule has 2 aromatic rings. The number of benzene rings is 2. The molecular formula is C26H32N4O2. The minimum absolute atomic E-state index is 0.0204. The van der Waals surface area contributed by atoms with Crippen LogP contribution in [-0.2, 0) is 9.59 Å². The van der Waals surface area contributed by atoms with E-state index in [1.165, 1.54) is 5.56 Å². The molecule has 2 heterocycles. The van der Waals surface area contributed by atoms with Gasteiger partial charge >= 0.3 is 0 Å². The molecule has 0 radical (unpaired) electrons. The summed E-state index contributed by atoms with van der Waals surface area (Å²) in [6.45, 7) is 8.70. The Morgan fingerprint density at radius 2 is 1.75 bits per heavy atom. The van der Waals surface area contributed by atoms with Crippen molar-refractivity contribution in [2.45, 2.75) is 58.0 Å². The Kier molecular flexibility index (Phi) is 5.80. The van der Waals surface area contributed by atoms with Gasteiger partial charge in [-0.1, -0.05) is 56.3 Å². The van der Waals surface area contributed by atoms with Crippen LogP contribution in [0.15, 0.2) is 59.6 Å². The van der Waals surface area contributed by atoms with E-state index in [0.29, 0.717) is 19.4 Å². The Hall–Kier alpha value is -3.15. The third-order valence-electron chi connectivity index (χ3n) is 7.09. The van der Waals surface area contributed by atoms with Crippen LogP contribution in [0.5, 0.6) is 0 Å². The van der Waals surface area contributed by atoms with Gasteiger partial charge in [0.1, 0.15) is 0 Å². The highest BCUT2D eigenvalue weighted by molar-refractivity contribution is 6.00. The molecule has 0 saturated carbocycles. The molecule has 3 unspecified atom stereocenters. The molecule has 2 aliphatic heterocycles. The number of carbonyl (C=O) groups is 2. The Bertz CT molecular complexity index is 1050. The van der Waals surface area contributed by atoms with E-state index in [4.69, 9.17) is 5.73 Å². The maximum absolute atomic E-state index is 13.0. The fourth-order valence-corrected chi connectivity index (χ4v) is 4.63. The highest BCUT2D eigenvalue weighted by Crippen LogP contribution is 2.36. The van der Waals surface area contributed by atoms with E-state index >= 15 is 0 Å². The molecule has 0 aliphatic carbocycles. The lowest BCUT2D eigenvalue weighted by molar-refractivity contribution is -0.131. The first-order valence-electron chi connectivity index (χ1n) is 11.3. The number of hydrogen-bond donors (Lipinski definition) is 1. The van der Waals surface area contributed by atoms with Gasteiger partial charge in [0.15, 0.2) is 5.96 Å². The summed E-state index contributed by atoms with van der Waals surface area (Å²) in [6.07, 6.45) is 0.834. The molecule has 0 aromatic heterocycles. The zero-order valence-electron chi connectivity index (χ0n) is 19.3. The molecule has 1 saturated heterocycles. The molecular weight excluding hydrogens is 400 g/mol. The van der Waals surface area contributed by atoms with Crippen molar-refractivity contribution < 1.29 is 9.59 Å². The third-order valence-corrected chi connectivity index (χ3v) is 7.09. The minimum Gasteiger partial charge on any atom is -0.369 e. The fraction of sp³-hybridized carbons (Fsp3) is 0.423. The number of amides is 2. The number of hydrogen-bond acceptors (Lipinski definition) is 4. The maximum Gasteiger partial charge on any atom is 0.232 e. The van der Waals surface area contributed by atoms with Crippen LogP contribution in [0.25, 0.3) is 0 Å². The molecule has 3 atom stereocenters. The maximum atomic E-state index is 13.0. The van der Waals surface area contributed by atoms with Gasteiger partial charge in [0, 0.05) is 24.6 Å². The second-order valence-electron chi connectivity index (χ2n) is 9.51. The average Bonchev–Trinajstić information content (AvgIpc) is 3.15. The van der Waals surface area contributed by atoms with E-state index < -0.39 is 5.54 Å². The summed E-state index contributed by atoms with van der Waals surface area (Å²) >= 11 is 0. The van der Waals surface area contributed by atoms with Crippen LogP contribution in [0.4, 0.5) is 5.69 Å². The first kappa shape index (κ1) is 22.1. The molecule has 6 heteroatoms. The second kappa shape index (κ2) is 8.41. The monoisotopic (exact) mass is 432 g/mol. The number of guanidine groups is 1. The molecule has 6 nitrogen and oxygen atoms in total. The summed E-state index contributed by atoms with van der Waals surface area (Å²) < 4.78 is 0. The predicted molar refractivity (Wildman–Crippen MR) is 127 cm³/mol. The third kappa shape index (κ3) is 4.01. The first-order valence-corrected chi connectivity index (χ1v) is 11.3. The molecule has 2 N–H and O–H groups in total. The van der Waals surface area contributed by atoms with Gasteiger partial charge in [-0.15, -0.1) is 0 Å². The Balaban J connectivity index is 1.57. The van der Waals surface area contributed by atoms with Crippen LogP contribution in [0, 0.1) is 5.92 Å². The van der Waals surface area contributed by atoms with E-state index in [2.05, 4.69) is 31.0 Å². The summed E-state index contributed by atoms with van der Waals surface area (Å²) in [5, 5.41) is 0. The summed E-state index contributed by atoms with van der Waals surface area (Å²) in [7, 11) is 0. The molecule has 32 heavy (non-hydrogen) atoms. The van der Waals surface area contributed by atoms with Crippen molar-refractivity contribution in [3.63, 3.8) is 0 Å². The van der Waals surface area contributed by atoms with Gasteiger partial charge in [0.2, 0.25) is 11.8 Å². The lowest BCUT2D eigenvalue weighted by Crippen LogP contribution is -2.52. The van der Waals surface area contributed by atoms with Gasteiger partial charge < -0.3 is 10.6 Å². The lowest BCUT2D eigenvalue weighted by atomic mass is 9.84. The first-order chi connectivity index (χ1) is 15.2. The van der Waals surface area contributed by atoms with Crippen molar-refractivity contribution in [3.8, 4) is 0 Å². The van der Waals surface area contributed by atoms with Crippen LogP contribution >= 0.6 is 0 Å². The van der Waals surface area contributed by atoms with Crippen LogP contribution in [-0.4, -0.2) is 34.8 Å². The zero-order chi connectivity index (χ0) is 23.0. The highest BCUT2D eigenvalue weighted by Gasteiger charge is 2.40.